The number of nitrogens with one attached hydrogen (secondary N) is 1. The first kappa shape index (κ1) is 11.1. The molecule has 0 saturated carbocycles. The van der Waals surface area contributed by atoms with Gasteiger partial charge in [-0.2, -0.15) is 0 Å². The lowest BCUT2D eigenvalue weighted by molar-refractivity contribution is -0.140. The molecule has 0 fully saturated rings. The summed E-state index contributed by atoms with van der Waals surface area (Å²) in [7, 11) is 0. The standard InChI is InChI=1S/C9H11N3O3/c1-6(9(14)15)4-11-8(13)7-2-3-10-5-12-7/h2-3,5-6H,4H2,1H3,(H,11,13)(H,14,15). The molecule has 80 valence electrons. The Bertz CT molecular complexity index is 353. The molecule has 2 N–H and O–H groups in total. The third-order valence-corrected chi connectivity index (χ3v) is 1.80. The molecule has 0 radical (unpaired) electrons. The molecule has 0 bridgehead atoms. The van der Waals surface area contributed by atoms with Gasteiger partial charge in [0, 0.05) is 12.7 Å². The van der Waals surface area contributed by atoms with Gasteiger partial charge < -0.3 is 10.4 Å². The van der Waals surface area contributed by atoms with E-state index in [2.05, 4.69) is 15.3 Å². The Labute approximate surface area is 86.4 Å². The minimum atomic E-state index is -0.946. The maximum absolute atomic E-state index is 11.4. The number of hydrogen-bond donors (Lipinski definition) is 2. The van der Waals surface area contributed by atoms with Crippen LogP contribution in [-0.4, -0.2) is 33.5 Å². The number of amides is 1. The lowest BCUT2D eigenvalue weighted by atomic mass is 10.2. The molecule has 1 heterocycles. The number of carboxylic acid groups (broad SMARTS) is 1. The fourth-order valence-corrected chi connectivity index (χ4v) is 0.849. The molecule has 0 aliphatic carbocycles. The summed E-state index contributed by atoms with van der Waals surface area (Å²) < 4.78 is 0. The summed E-state index contributed by atoms with van der Waals surface area (Å²) >= 11 is 0. The van der Waals surface area contributed by atoms with Crippen molar-refractivity contribution in [2.45, 2.75) is 6.92 Å². The summed E-state index contributed by atoms with van der Waals surface area (Å²) in [6.07, 6.45) is 2.71. The molecule has 1 amide bonds. The summed E-state index contributed by atoms with van der Waals surface area (Å²) in [4.78, 5) is 29.2. The fourth-order valence-electron chi connectivity index (χ4n) is 0.849. The second kappa shape index (κ2) is 5.04. The SMILES string of the molecule is CC(CNC(=O)c1ccncn1)C(=O)O. The Kier molecular flexibility index (Phi) is 3.73. The van der Waals surface area contributed by atoms with E-state index in [1.807, 2.05) is 0 Å². The molecule has 1 unspecified atom stereocenters. The predicted octanol–water partition coefficient (Wildman–Crippen LogP) is -0.0729. The second-order valence-electron chi connectivity index (χ2n) is 3.04. The van der Waals surface area contributed by atoms with E-state index in [0.717, 1.165) is 0 Å². The van der Waals surface area contributed by atoms with Crippen molar-refractivity contribution in [2.75, 3.05) is 6.54 Å². The highest BCUT2D eigenvalue weighted by Gasteiger charge is 2.13. The van der Waals surface area contributed by atoms with Crippen LogP contribution in [-0.2, 0) is 4.79 Å². The highest BCUT2D eigenvalue weighted by Crippen LogP contribution is 1.94. The number of rotatable bonds is 4. The largest absolute Gasteiger partial charge is 0.481 e. The number of carboxylic acids is 1. The van der Waals surface area contributed by atoms with Gasteiger partial charge in [0.15, 0.2) is 0 Å². The van der Waals surface area contributed by atoms with Gasteiger partial charge >= 0.3 is 5.97 Å². The average Bonchev–Trinajstić information content (AvgIpc) is 2.26. The van der Waals surface area contributed by atoms with E-state index in [1.165, 1.54) is 25.5 Å². The van der Waals surface area contributed by atoms with Crippen LogP contribution in [0.3, 0.4) is 0 Å². The van der Waals surface area contributed by atoms with Crippen LogP contribution in [0.5, 0.6) is 0 Å². The highest BCUT2D eigenvalue weighted by atomic mass is 16.4. The van der Waals surface area contributed by atoms with E-state index in [1.54, 1.807) is 0 Å². The van der Waals surface area contributed by atoms with Crippen molar-refractivity contribution in [1.29, 1.82) is 0 Å². The quantitative estimate of drug-likeness (QED) is 0.724. The molecule has 1 aromatic heterocycles. The normalized spacial score (nSPS) is 11.8. The van der Waals surface area contributed by atoms with E-state index in [4.69, 9.17) is 5.11 Å². The molecule has 6 heteroatoms. The monoisotopic (exact) mass is 209 g/mol. The van der Waals surface area contributed by atoms with Gasteiger partial charge in [0.2, 0.25) is 0 Å². The lowest BCUT2D eigenvalue weighted by Crippen LogP contribution is -2.31. The van der Waals surface area contributed by atoms with E-state index in [0.29, 0.717) is 0 Å². The first-order chi connectivity index (χ1) is 7.11. The summed E-state index contributed by atoms with van der Waals surface area (Å²) in [5.74, 6) is -1.96. The average molecular weight is 209 g/mol. The minimum Gasteiger partial charge on any atom is -0.481 e. The molecule has 1 aromatic rings. The Hall–Kier alpha value is -1.98. The second-order valence-corrected chi connectivity index (χ2v) is 3.04. The van der Waals surface area contributed by atoms with Crippen LogP contribution in [0.2, 0.25) is 0 Å². The van der Waals surface area contributed by atoms with Crippen molar-refractivity contribution >= 4 is 11.9 Å². The van der Waals surface area contributed by atoms with Crippen LogP contribution in [0.25, 0.3) is 0 Å². The molecule has 0 spiro atoms. The highest BCUT2D eigenvalue weighted by molar-refractivity contribution is 5.92. The van der Waals surface area contributed by atoms with E-state index in [-0.39, 0.29) is 12.2 Å². The maximum Gasteiger partial charge on any atom is 0.308 e. The van der Waals surface area contributed by atoms with Crippen molar-refractivity contribution < 1.29 is 14.7 Å². The van der Waals surface area contributed by atoms with Crippen LogP contribution in [0, 0.1) is 5.92 Å². The molecule has 0 aliphatic rings. The molecule has 1 atom stereocenters. The Morgan fingerprint density at radius 1 is 1.60 bits per heavy atom. The summed E-state index contributed by atoms with van der Waals surface area (Å²) in [5, 5.41) is 11.1. The topological polar surface area (TPSA) is 92.2 Å². The number of aliphatic carboxylic acids is 1. The summed E-state index contributed by atoms with van der Waals surface area (Å²) in [6, 6.07) is 1.46. The molecule has 15 heavy (non-hydrogen) atoms. The third kappa shape index (κ3) is 3.34. The van der Waals surface area contributed by atoms with Crippen LogP contribution < -0.4 is 5.32 Å². The number of hydrogen-bond acceptors (Lipinski definition) is 4. The van der Waals surface area contributed by atoms with Crippen LogP contribution in [0.4, 0.5) is 0 Å². The molecule has 1 rings (SSSR count). The Balaban J connectivity index is 2.47. The zero-order chi connectivity index (χ0) is 11.3. The van der Waals surface area contributed by atoms with Crippen molar-refractivity contribution in [3.05, 3.63) is 24.3 Å². The molecule has 0 aliphatic heterocycles. The van der Waals surface area contributed by atoms with Gasteiger partial charge in [0.05, 0.1) is 5.92 Å². The van der Waals surface area contributed by atoms with Crippen LogP contribution in [0.15, 0.2) is 18.6 Å². The Morgan fingerprint density at radius 3 is 2.87 bits per heavy atom. The lowest BCUT2D eigenvalue weighted by Gasteiger charge is -2.07. The van der Waals surface area contributed by atoms with Gasteiger partial charge in [0.25, 0.3) is 5.91 Å². The van der Waals surface area contributed by atoms with Gasteiger partial charge in [0.1, 0.15) is 12.0 Å². The smallest absolute Gasteiger partial charge is 0.308 e. The Morgan fingerprint density at radius 2 is 2.33 bits per heavy atom. The van der Waals surface area contributed by atoms with Crippen molar-refractivity contribution in [2.24, 2.45) is 5.92 Å². The number of aromatic nitrogens is 2. The van der Waals surface area contributed by atoms with Crippen LogP contribution in [0.1, 0.15) is 17.4 Å². The van der Waals surface area contributed by atoms with Crippen molar-refractivity contribution in [3.63, 3.8) is 0 Å². The summed E-state index contributed by atoms with van der Waals surface area (Å²) in [6.45, 7) is 1.60. The molecule has 0 saturated heterocycles. The predicted molar refractivity (Wildman–Crippen MR) is 51.2 cm³/mol. The fraction of sp³-hybridized carbons (Fsp3) is 0.333. The van der Waals surface area contributed by atoms with Gasteiger partial charge in [-0.25, -0.2) is 9.97 Å². The van der Waals surface area contributed by atoms with Crippen LogP contribution >= 0.6 is 0 Å². The van der Waals surface area contributed by atoms with E-state index < -0.39 is 17.8 Å². The first-order valence-electron chi connectivity index (χ1n) is 4.38. The molecular formula is C9H11N3O3. The number of carbonyl (C=O) groups is 2. The number of nitrogens with zero attached hydrogens (tertiary/aromatic N) is 2. The molecule has 6 nitrogen and oxygen atoms in total. The maximum atomic E-state index is 11.4. The summed E-state index contributed by atoms with van der Waals surface area (Å²) in [5.41, 5.74) is 0.225. The van der Waals surface area contributed by atoms with E-state index in [9.17, 15) is 9.59 Å². The zero-order valence-corrected chi connectivity index (χ0v) is 8.17. The number of carbonyl (C=O) groups excluding carboxylic acids is 1. The van der Waals surface area contributed by atoms with Gasteiger partial charge in [-0.15, -0.1) is 0 Å². The van der Waals surface area contributed by atoms with E-state index >= 15 is 0 Å². The van der Waals surface area contributed by atoms with Gasteiger partial charge in [-0.1, -0.05) is 6.92 Å². The third-order valence-electron chi connectivity index (χ3n) is 1.80. The zero-order valence-electron chi connectivity index (χ0n) is 8.17. The molecular weight excluding hydrogens is 198 g/mol. The first-order valence-corrected chi connectivity index (χ1v) is 4.38. The van der Waals surface area contributed by atoms with Gasteiger partial charge in [-0.3, -0.25) is 9.59 Å². The van der Waals surface area contributed by atoms with Gasteiger partial charge in [-0.05, 0) is 6.07 Å². The molecule has 0 aromatic carbocycles. The van der Waals surface area contributed by atoms with Crippen molar-refractivity contribution in [3.8, 4) is 0 Å². The van der Waals surface area contributed by atoms with Crippen molar-refractivity contribution in [1.82, 2.24) is 15.3 Å². The minimum absolute atomic E-state index is 0.0815.